The van der Waals surface area contributed by atoms with Crippen molar-refractivity contribution in [3.63, 3.8) is 0 Å². The first-order valence-electron chi connectivity index (χ1n) is 33.1. The van der Waals surface area contributed by atoms with Gasteiger partial charge in [-0.3, -0.25) is 20.0 Å². The molecule has 0 spiro atoms. The van der Waals surface area contributed by atoms with Crippen molar-refractivity contribution in [3.05, 3.63) is 176 Å². The molecule has 4 N–H and O–H groups in total. The van der Waals surface area contributed by atoms with Gasteiger partial charge in [0, 0.05) is 80.6 Å². The molecule has 6 aromatic heterocycles. The summed E-state index contributed by atoms with van der Waals surface area (Å²) in [5.74, 6) is 0. The van der Waals surface area contributed by atoms with E-state index in [1.807, 2.05) is 0 Å². The number of hydrogen-bond donors (Lipinski definition) is 4. The molecule has 0 atom stereocenters. The molecule has 0 radical (unpaired) electrons. The lowest BCUT2D eigenvalue weighted by atomic mass is 9.69. The molecule has 4 aliphatic heterocycles. The molecule has 8 nitrogen and oxygen atoms in total. The molecule has 10 heterocycles. The maximum atomic E-state index is 6.38. The topological polar surface area (TPSA) is 114 Å². The summed E-state index contributed by atoms with van der Waals surface area (Å²) < 4.78 is 0. The molecule has 0 amide bonds. The van der Waals surface area contributed by atoms with Crippen LogP contribution in [-0.4, -0.2) is 41.3 Å². The van der Waals surface area contributed by atoms with E-state index in [-0.39, 0.29) is 32.5 Å². The molecule has 0 aliphatic carbocycles. The predicted octanol–water partition coefficient (Wildman–Crippen LogP) is 19.4. The molecule has 8 heteroatoms. The number of nitrogens with one attached hydrogen (secondary N) is 4. The number of fused-ring (bicyclic) bond motifs is 14. The highest BCUT2D eigenvalue weighted by atomic mass is 15.0. The van der Waals surface area contributed by atoms with Crippen molar-refractivity contribution >= 4 is 11.4 Å². The van der Waals surface area contributed by atoms with Gasteiger partial charge in [0.25, 0.3) is 0 Å². The van der Waals surface area contributed by atoms with Gasteiger partial charge in [-0.2, -0.15) is 0 Å². The summed E-state index contributed by atoms with van der Waals surface area (Å²) in [6, 6.07) is 33.2. The minimum Gasteiger partial charge on any atom is -0.361 e. The van der Waals surface area contributed by atoms with Gasteiger partial charge in [-0.05, 0) is 187 Å². The maximum Gasteiger partial charge on any atom is 0.0563 e. The molecule has 16 bridgehead atoms. The fraction of sp³-hybridized carbons (Fsp3) is 0.568. The number of nitrogens with zero attached hydrogens (tertiary/aromatic N) is 4. The first kappa shape index (κ1) is 59.4. The molecule has 6 aromatic rings. The largest absolute Gasteiger partial charge is 0.361 e. The van der Waals surface area contributed by atoms with Gasteiger partial charge >= 0.3 is 0 Å². The first-order valence-corrected chi connectivity index (χ1v) is 33.1. The number of aromatic amines is 4. The molecule has 0 fully saturated rings. The number of aliphatic imine (C=N–C) groups is 2. The SMILES string of the molecule is CCC1(CC)C2=NC(=C(C3=C4N=C(C3)C(CC)(CC)c3ccc([nH]3)C(CC)(CC)c3cccc(n3)C(CC)(CC)c3ccc([nH]3)C4(CC)CC)C2)C(CC)(CC)c2ccc([nH]2)C(CC)(CC)c2cccc(n2)C(CC)(CC)c2ccc1[nH]2. The molecule has 0 unspecified atom stereocenters. The second kappa shape index (κ2) is 22.3. The summed E-state index contributed by atoms with van der Waals surface area (Å²) in [7, 11) is 0. The molecule has 4 aliphatic rings. The van der Waals surface area contributed by atoms with Gasteiger partial charge in [0.1, 0.15) is 0 Å². The molecule has 0 saturated carbocycles. The van der Waals surface area contributed by atoms with E-state index in [1.165, 1.54) is 79.5 Å². The van der Waals surface area contributed by atoms with Crippen LogP contribution in [0.3, 0.4) is 0 Å². The van der Waals surface area contributed by atoms with Gasteiger partial charge < -0.3 is 19.9 Å². The predicted molar refractivity (Wildman–Crippen MR) is 344 cm³/mol. The van der Waals surface area contributed by atoms with Crippen LogP contribution in [0.5, 0.6) is 0 Å². The lowest BCUT2D eigenvalue weighted by Crippen LogP contribution is -2.36. The lowest BCUT2D eigenvalue weighted by Gasteiger charge is -2.37. The average molecular weight is 1100 g/mol. The summed E-state index contributed by atoms with van der Waals surface area (Å²) in [5, 5.41) is 0. The summed E-state index contributed by atoms with van der Waals surface area (Å²) in [6.07, 6.45) is 16.3. The molecule has 0 saturated heterocycles. The van der Waals surface area contributed by atoms with E-state index < -0.39 is 10.8 Å². The smallest absolute Gasteiger partial charge is 0.0563 e. The van der Waals surface area contributed by atoms with Crippen LogP contribution in [0.4, 0.5) is 0 Å². The fourth-order valence-electron chi connectivity index (χ4n) is 17.7. The van der Waals surface area contributed by atoms with Gasteiger partial charge in [0.15, 0.2) is 0 Å². The van der Waals surface area contributed by atoms with E-state index >= 15 is 0 Å². The van der Waals surface area contributed by atoms with Crippen molar-refractivity contribution < 1.29 is 0 Å². The van der Waals surface area contributed by atoms with E-state index in [4.69, 9.17) is 20.0 Å². The summed E-state index contributed by atoms with van der Waals surface area (Å²) >= 11 is 0. The third kappa shape index (κ3) is 8.06. The Morgan fingerprint density at radius 1 is 0.268 bits per heavy atom. The highest BCUT2D eigenvalue weighted by Crippen LogP contribution is 2.57. The first-order chi connectivity index (χ1) is 39.7. The molecule has 438 valence electrons. The number of allylic oxidation sites excluding steroid dienone is 4. The van der Waals surface area contributed by atoms with Crippen molar-refractivity contribution in [2.75, 3.05) is 0 Å². The van der Waals surface area contributed by atoms with Crippen LogP contribution in [0.15, 0.2) is 117 Å². The van der Waals surface area contributed by atoms with Crippen molar-refractivity contribution in [2.24, 2.45) is 9.98 Å². The van der Waals surface area contributed by atoms with Gasteiger partial charge in [-0.15, -0.1) is 0 Å². The number of pyridine rings is 2. The quantitative estimate of drug-likeness (QED) is 0.0729. The van der Waals surface area contributed by atoms with Crippen molar-refractivity contribution in [1.82, 2.24) is 29.9 Å². The Balaban J connectivity index is 1.31. The van der Waals surface area contributed by atoms with Gasteiger partial charge in [0.2, 0.25) is 0 Å². The second-order valence-electron chi connectivity index (χ2n) is 25.4. The standard InChI is InChI=1S/C74H102N8/c1-17-67(18-2)51-35-33-37-53(75-51)69(21-5,22-6)57-43-45-61(79-57)73(29-13,30-14)65-49(47-63(81-65)71(25-9,26-10)59-41-39-55(67)77-59)50-48-64-72(27-11,28-12)60-42-40-56(78-60)68(19-3,20-4)52-36-34-38-54(76-52)70(23-7,24-8)58-44-46-62(80-58)74(31-15,32-16)66(50)82-64/h33-46,77-80H,17-32,47-48H2,1-16H3. The van der Waals surface area contributed by atoms with Crippen LogP contribution in [0.25, 0.3) is 0 Å². The number of rotatable bonds is 17. The van der Waals surface area contributed by atoms with Crippen LogP contribution < -0.4 is 0 Å². The second-order valence-corrected chi connectivity index (χ2v) is 25.4. The van der Waals surface area contributed by atoms with E-state index in [2.05, 4.69) is 216 Å². The van der Waals surface area contributed by atoms with Crippen molar-refractivity contribution in [1.29, 1.82) is 0 Å². The highest BCUT2D eigenvalue weighted by molar-refractivity contribution is 6.04. The molecule has 10 rings (SSSR count). The van der Waals surface area contributed by atoms with Crippen molar-refractivity contribution in [2.45, 2.75) is 270 Å². The van der Waals surface area contributed by atoms with Crippen LogP contribution in [-0.2, 0) is 43.3 Å². The molecular formula is C74H102N8. The average Bonchev–Trinajstić information content (AvgIpc) is 3.47. The Morgan fingerprint density at radius 3 is 0.671 bits per heavy atom. The fourth-order valence-corrected chi connectivity index (χ4v) is 17.7. The van der Waals surface area contributed by atoms with Crippen LogP contribution >= 0.6 is 0 Å². The van der Waals surface area contributed by atoms with Crippen molar-refractivity contribution in [3.8, 4) is 0 Å². The zero-order valence-corrected chi connectivity index (χ0v) is 53.6. The van der Waals surface area contributed by atoms with E-state index in [0.29, 0.717) is 0 Å². The Kier molecular flexibility index (Phi) is 16.2. The third-order valence-electron chi connectivity index (χ3n) is 24.1. The van der Waals surface area contributed by atoms with E-state index in [1.54, 1.807) is 0 Å². The molecule has 0 aromatic carbocycles. The van der Waals surface area contributed by atoms with E-state index in [9.17, 15) is 0 Å². The summed E-state index contributed by atoms with van der Waals surface area (Å²) in [5.41, 5.74) is 19.8. The Labute approximate surface area is 494 Å². The Bertz CT molecular complexity index is 3150. The summed E-state index contributed by atoms with van der Waals surface area (Å²) in [6.45, 7) is 38.2. The van der Waals surface area contributed by atoms with Gasteiger partial charge in [-0.1, -0.05) is 123 Å². The number of hydrogen-bond acceptors (Lipinski definition) is 4. The normalized spacial score (nSPS) is 20.5. The Hall–Kier alpha value is -5.76. The monoisotopic (exact) mass is 1100 g/mol. The van der Waals surface area contributed by atoms with Crippen LogP contribution in [0.2, 0.25) is 0 Å². The van der Waals surface area contributed by atoms with E-state index in [0.717, 1.165) is 138 Å². The highest BCUT2D eigenvalue weighted by Gasteiger charge is 2.52. The molecule has 82 heavy (non-hydrogen) atoms. The zero-order valence-electron chi connectivity index (χ0n) is 53.6. The van der Waals surface area contributed by atoms with Crippen LogP contribution in [0, 0.1) is 0 Å². The number of H-pyrrole nitrogens is 4. The summed E-state index contributed by atoms with van der Waals surface area (Å²) in [4.78, 5) is 41.5. The van der Waals surface area contributed by atoms with Crippen LogP contribution in [0.1, 0.15) is 295 Å². The lowest BCUT2D eigenvalue weighted by molar-refractivity contribution is 0.416. The Morgan fingerprint density at radius 2 is 0.463 bits per heavy atom. The third-order valence-corrected chi connectivity index (χ3v) is 24.1. The molecular weight excluding hydrogens is 1000 g/mol. The number of aromatic nitrogens is 6. The zero-order chi connectivity index (χ0) is 58.7. The minimum atomic E-state index is -0.424. The van der Waals surface area contributed by atoms with Gasteiger partial charge in [0.05, 0.1) is 66.7 Å². The minimum absolute atomic E-state index is 0.289. The maximum absolute atomic E-state index is 6.38. The van der Waals surface area contributed by atoms with Gasteiger partial charge in [-0.25, -0.2) is 0 Å².